The zero-order valence-electron chi connectivity index (χ0n) is 12.2. The lowest BCUT2D eigenvalue weighted by Gasteiger charge is -2.27. The molecule has 0 saturated heterocycles. The Hall–Kier alpha value is -1.69. The smallest absolute Gasteiger partial charge is 0.313 e. The lowest BCUT2D eigenvalue weighted by Crippen LogP contribution is -2.45. The minimum atomic E-state index is -0.631. The van der Waals surface area contributed by atoms with Crippen LogP contribution in [0.5, 0.6) is 5.75 Å². The summed E-state index contributed by atoms with van der Waals surface area (Å²) in [6.45, 7) is 1.77. The van der Waals surface area contributed by atoms with Crippen LogP contribution in [0.2, 0.25) is 0 Å². The molecule has 1 aliphatic rings. The molecule has 1 fully saturated rings. The van der Waals surface area contributed by atoms with E-state index in [-0.39, 0.29) is 18.0 Å². The number of hydrogen-bond acceptors (Lipinski definition) is 4. The van der Waals surface area contributed by atoms with Crippen molar-refractivity contribution in [2.24, 2.45) is 5.73 Å². The molecule has 2 N–H and O–H groups in total. The van der Waals surface area contributed by atoms with Gasteiger partial charge in [0, 0.05) is 0 Å². The van der Waals surface area contributed by atoms with E-state index in [0.29, 0.717) is 5.56 Å². The van der Waals surface area contributed by atoms with Crippen molar-refractivity contribution in [1.29, 1.82) is 0 Å². The minimum absolute atomic E-state index is 0.0907. The van der Waals surface area contributed by atoms with E-state index in [1.165, 1.54) is 6.07 Å². The number of nitrogens with two attached hydrogens (primary N) is 1. The summed E-state index contributed by atoms with van der Waals surface area (Å²) in [5, 5.41) is 11.0. The Bertz CT molecular complexity index is 526. The average Bonchev–Trinajstić information content (AvgIpc) is 2.65. The largest absolute Gasteiger partial charge is 0.485 e. The summed E-state index contributed by atoms with van der Waals surface area (Å²) in [5.74, 6) is -0.515. The molecule has 116 valence electrons. The van der Waals surface area contributed by atoms with E-state index in [1.54, 1.807) is 6.92 Å². The second-order valence-electron chi connectivity index (χ2n) is 5.89. The second-order valence-corrected chi connectivity index (χ2v) is 5.89. The molecule has 5 nitrogen and oxygen atoms in total. The van der Waals surface area contributed by atoms with Crippen molar-refractivity contribution in [3.8, 4) is 5.75 Å². The fraction of sp³-hybridized carbons (Fsp3) is 0.600. The van der Waals surface area contributed by atoms with Crippen LogP contribution in [0.15, 0.2) is 12.1 Å². The van der Waals surface area contributed by atoms with E-state index in [9.17, 15) is 14.5 Å². The van der Waals surface area contributed by atoms with Gasteiger partial charge in [-0.1, -0.05) is 25.7 Å². The van der Waals surface area contributed by atoms with Crippen molar-refractivity contribution < 1.29 is 14.1 Å². The van der Waals surface area contributed by atoms with Gasteiger partial charge in [0.1, 0.15) is 12.4 Å². The van der Waals surface area contributed by atoms with Crippen molar-refractivity contribution in [2.45, 2.75) is 51.0 Å². The molecule has 1 aliphatic carbocycles. The molecule has 2 rings (SSSR count). The Morgan fingerprint density at radius 3 is 2.52 bits per heavy atom. The normalized spacial score (nSPS) is 18.0. The number of nitrogens with zero attached hydrogens (tertiary/aromatic N) is 1. The first kappa shape index (κ1) is 15.7. The highest BCUT2D eigenvalue weighted by atomic mass is 19.1. The van der Waals surface area contributed by atoms with Crippen molar-refractivity contribution >= 4 is 5.69 Å². The summed E-state index contributed by atoms with van der Waals surface area (Å²) in [6.07, 6.45) is 6.11. The summed E-state index contributed by atoms with van der Waals surface area (Å²) in [4.78, 5) is 10.4. The van der Waals surface area contributed by atoms with Gasteiger partial charge in [-0.05, 0) is 31.4 Å². The van der Waals surface area contributed by atoms with Crippen LogP contribution in [-0.2, 0) is 0 Å². The summed E-state index contributed by atoms with van der Waals surface area (Å²) < 4.78 is 19.1. The monoisotopic (exact) mass is 296 g/mol. The minimum Gasteiger partial charge on any atom is -0.485 e. The van der Waals surface area contributed by atoms with E-state index < -0.39 is 16.3 Å². The van der Waals surface area contributed by atoms with Gasteiger partial charge in [-0.25, -0.2) is 4.39 Å². The van der Waals surface area contributed by atoms with Crippen molar-refractivity contribution in [1.82, 2.24) is 0 Å². The van der Waals surface area contributed by atoms with Crippen LogP contribution in [-0.4, -0.2) is 17.1 Å². The number of aryl methyl sites for hydroxylation is 1. The predicted octanol–water partition coefficient (Wildman–Crippen LogP) is 3.47. The number of nitro benzene ring substituents is 1. The quantitative estimate of drug-likeness (QED) is 0.524. The second kappa shape index (κ2) is 6.39. The van der Waals surface area contributed by atoms with Crippen LogP contribution in [0.25, 0.3) is 0 Å². The molecule has 1 aromatic rings. The van der Waals surface area contributed by atoms with Gasteiger partial charge in [-0.15, -0.1) is 0 Å². The van der Waals surface area contributed by atoms with Crippen LogP contribution >= 0.6 is 0 Å². The number of ether oxygens (including phenoxy) is 1. The molecule has 0 atom stereocenters. The van der Waals surface area contributed by atoms with E-state index in [1.807, 2.05) is 0 Å². The van der Waals surface area contributed by atoms with Gasteiger partial charge in [0.25, 0.3) is 0 Å². The number of nitro groups is 1. The van der Waals surface area contributed by atoms with Crippen LogP contribution in [0.1, 0.15) is 44.1 Å². The van der Waals surface area contributed by atoms with Gasteiger partial charge in [0.15, 0.2) is 5.75 Å². The SMILES string of the molecule is Cc1cc(OCC2(N)CCCCCC2)c([N+](=O)[O-])cc1F. The van der Waals surface area contributed by atoms with Gasteiger partial charge in [0.2, 0.25) is 0 Å². The summed E-state index contributed by atoms with van der Waals surface area (Å²) in [5.41, 5.74) is 5.85. The first-order valence-electron chi connectivity index (χ1n) is 7.27. The Morgan fingerprint density at radius 2 is 1.95 bits per heavy atom. The number of rotatable bonds is 4. The van der Waals surface area contributed by atoms with Crippen LogP contribution in [0.3, 0.4) is 0 Å². The zero-order valence-corrected chi connectivity index (χ0v) is 12.2. The Kier molecular flexibility index (Phi) is 4.77. The number of benzene rings is 1. The van der Waals surface area contributed by atoms with Crippen molar-refractivity contribution in [3.05, 3.63) is 33.6 Å². The average molecular weight is 296 g/mol. The van der Waals surface area contributed by atoms with Crippen molar-refractivity contribution in [2.75, 3.05) is 6.61 Å². The van der Waals surface area contributed by atoms with Gasteiger partial charge in [-0.3, -0.25) is 10.1 Å². The predicted molar refractivity (Wildman–Crippen MR) is 77.9 cm³/mol. The third kappa shape index (κ3) is 3.91. The van der Waals surface area contributed by atoms with E-state index in [4.69, 9.17) is 10.5 Å². The van der Waals surface area contributed by atoms with Crippen LogP contribution < -0.4 is 10.5 Å². The Balaban J connectivity index is 2.15. The third-order valence-corrected chi connectivity index (χ3v) is 4.05. The molecule has 1 saturated carbocycles. The third-order valence-electron chi connectivity index (χ3n) is 4.05. The fourth-order valence-electron chi connectivity index (χ4n) is 2.70. The maximum atomic E-state index is 13.5. The van der Waals surface area contributed by atoms with Gasteiger partial charge in [-0.2, -0.15) is 0 Å². The maximum Gasteiger partial charge on any atom is 0.313 e. The molecule has 0 bridgehead atoms. The highest BCUT2D eigenvalue weighted by Crippen LogP contribution is 2.32. The van der Waals surface area contributed by atoms with Crippen LogP contribution in [0.4, 0.5) is 10.1 Å². The first-order valence-corrected chi connectivity index (χ1v) is 7.27. The standard InChI is InChI=1S/C15H21FN2O3/c1-11-8-14(13(18(19)20)9-12(11)16)21-10-15(17)6-4-2-3-5-7-15/h8-9H,2-7,10,17H2,1H3. The molecule has 0 amide bonds. The summed E-state index contributed by atoms with van der Waals surface area (Å²) >= 11 is 0. The molecule has 21 heavy (non-hydrogen) atoms. The summed E-state index contributed by atoms with van der Waals surface area (Å²) in [7, 11) is 0. The molecule has 0 heterocycles. The van der Waals surface area contributed by atoms with E-state index >= 15 is 0 Å². The van der Waals surface area contributed by atoms with E-state index in [2.05, 4.69) is 0 Å². The molecular formula is C15H21FN2O3. The van der Waals surface area contributed by atoms with Crippen LogP contribution in [0, 0.1) is 22.9 Å². The highest BCUT2D eigenvalue weighted by Gasteiger charge is 2.28. The topological polar surface area (TPSA) is 78.4 Å². The van der Waals surface area contributed by atoms with Gasteiger partial charge < -0.3 is 10.5 Å². The van der Waals surface area contributed by atoms with Crippen molar-refractivity contribution in [3.63, 3.8) is 0 Å². The number of hydrogen-bond donors (Lipinski definition) is 1. The zero-order chi connectivity index (χ0) is 15.5. The Morgan fingerprint density at radius 1 is 1.33 bits per heavy atom. The molecule has 0 aliphatic heterocycles. The molecule has 6 heteroatoms. The van der Waals surface area contributed by atoms with Gasteiger partial charge in [0.05, 0.1) is 16.5 Å². The fourth-order valence-corrected chi connectivity index (χ4v) is 2.70. The van der Waals surface area contributed by atoms with Gasteiger partial charge >= 0.3 is 5.69 Å². The first-order chi connectivity index (χ1) is 9.91. The molecular weight excluding hydrogens is 275 g/mol. The molecule has 0 unspecified atom stereocenters. The lowest BCUT2D eigenvalue weighted by atomic mass is 9.92. The lowest BCUT2D eigenvalue weighted by molar-refractivity contribution is -0.386. The summed E-state index contributed by atoms with van der Waals surface area (Å²) in [6, 6.07) is 2.27. The molecule has 0 aromatic heterocycles. The van der Waals surface area contributed by atoms with E-state index in [0.717, 1.165) is 44.6 Å². The number of halogens is 1. The highest BCUT2D eigenvalue weighted by molar-refractivity contribution is 5.49. The Labute approximate surface area is 123 Å². The molecule has 1 aromatic carbocycles. The molecule has 0 spiro atoms. The molecule has 0 radical (unpaired) electrons. The maximum absolute atomic E-state index is 13.5.